The van der Waals surface area contributed by atoms with Gasteiger partial charge in [0, 0.05) is 45.2 Å². The maximum absolute atomic E-state index is 13.6. The van der Waals surface area contributed by atoms with Crippen LogP contribution in [-0.2, 0) is 6.42 Å². The molecule has 0 fully saturated rings. The molecule has 0 bridgehead atoms. The first-order valence-electron chi connectivity index (χ1n) is 15.7. The Hall–Kier alpha value is -2.57. The normalized spacial score (nSPS) is 19.6. The van der Waals surface area contributed by atoms with Gasteiger partial charge in [-0.15, -0.1) is 0 Å². The SMILES string of the molecule is CCCN(C)CCC(C)c1ccc([C@H](C)c2[nH]c3ccc(Cl)cc3c2CCC(C)C2N=CC=C(C(F)(F)F)C2C)cc1C. The lowest BCUT2D eigenvalue weighted by Crippen LogP contribution is -2.33. The topological polar surface area (TPSA) is 31.4 Å². The molecule has 2 aromatic carbocycles. The van der Waals surface area contributed by atoms with Crippen LogP contribution in [0.1, 0.15) is 93.7 Å². The molecule has 1 aromatic heterocycles. The molecule has 0 radical (unpaired) electrons. The van der Waals surface area contributed by atoms with Gasteiger partial charge < -0.3 is 9.88 Å². The van der Waals surface area contributed by atoms with E-state index in [1.807, 2.05) is 25.1 Å². The molecule has 4 rings (SSSR count). The van der Waals surface area contributed by atoms with E-state index in [-0.39, 0.29) is 11.8 Å². The summed E-state index contributed by atoms with van der Waals surface area (Å²) in [6.07, 6.45) is 1.86. The van der Waals surface area contributed by atoms with Crippen molar-refractivity contribution < 1.29 is 13.2 Å². The van der Waals surface area contributed by atoms with Crippen molar-refractivity contribution in [1.82, 2.24) is 9.88 Å². The number of aromatic nitrogens is 1. The fraction of sp³-hybridized carbons (Fsp3) is 0.528. The highest BCUT2D eigenvalue weighted by Crippen LogP contribution is 2.40. The number of rotatable bonds is 12. The monoisotopic (exact) mass is 613 g/mol. The highest BCUT2D eigenvalue weighted by Gasteiger charge is 2.41. The summed E-state index contributed by atoms with van der Waals surface area (Å²) in [4.78, 5) is 10.6. The number of fused-ring (bicyclic) bond motifs is 1. The Balaban J connectivity index is 1.56. The fourth-order valence-electron chi connectivity index (χ4n) is 6.85. The van der Waals surface area contributed by atoms with Gasteiger partial charge in [-0.1, -0.05) is 64.4 Å². The van der Waals surface area contributed by atoms with E-state index in [1.54, 1.807) is 6.92 Å². The zero-order chi connectivity index (χ0) is 31.5. The summed E-state index contributed by atoms with van der Waals surface area (Å²) in [5.74, 6) is -0.106. The lowest BCUT2D eigenvalue weighted by molar-refractivity contribution is -0.0999. The van der Waals surface area contributed by atoms with E-state index < -0.39 is 23.7 Å². The Kier molecular flexibility index (Phi) is 10.9. The molecular weight excluding hydrogens is 567 g/mol. The second kappa shape index (κ2) is 14.0. The minimum Gasteiger partial charge on any atom is -0.358 e. The number of aromatic amines is 1. The van der Waals surface area contributed by atoms with Crippen LogP contribution < -0.4 is 0 Å². The predicted octanol–water partition coefficient (Wildman–Crippen LogP) is 10.3. The first-order valence-corrected chi connectivity index (χ1v) is 16.1. The molecule has 5 atom stereocenters. The number of nitrogens with zero attached hydrogens (tertiary/aromatic N) is 2. The van der Waals surface area contributed by atoms with Crippen molar-refractivity contribution in [3.63, 3.8) is 0 Å². The van der Waals surface area contributed by atoms with Crippen molar-refractivity contribution in [2.45, 2.75) is 91.3 Å². The molecule has 1 aliphatic heterocycles. The van der Waals surface area contributed by atoms with Crippen molar-refractivity contribution in [3.05, 3.63) is 81.0 Å². The Labute approximate surface area is 260 Å². The van der Waals surface area contributed by atoms with E-state index in [0.717, 1.165) is 55.0 Å². The Morgan fingerprint density at radius 3 is 2.47 bits per heavy atom. The summed E-state index contributed by atoms with van der Waals surface area (Å²) < 4.78 is 40.8. The molecule has 2 heterocycles. The molecule has 3 aromatic rings. The number of alkyl halides is 3. The van der Waals surface area contributed by atoms with E-state index in [4.69, 9.17) is 11.6 Å². The molecule has 1 aliphatic rings. The van der Waals surface area contributed by atoms with E-state index in [2.05, 4.69) is 67.8 Å². The van der Waals surface area contributed by atoms with Crippen LogP contribution in [0.15, 0.2) is 53.0 Å². The van der Waals surface area contributed by atoms with Gasteiger partial charge in [0.15, 0.2) is 0 Å². The van der Waals surface area contributed by atoms with Crippen molar-refractivity contribution >= 4 is 28.7 Å². The quantitative estimate of drug-likeness (QED) is 0.216. The van der Waals surface area contributed by atoms with Gasteiger partial charge in [0.05, 0.1) is 6.04 Å². The number of dihydropyridines is 1. The smallest absolute Gasteiger partial charge is 0.358 e. The highest BCUT2D eigenvalue weighted by atomic mass is 35.5. The van der Waals surface area contributed by atoms with Crippen molar-refractivity contribution in [3.8, 4) is 0 Å². The van der Waals surface area contributed by atoms with Gasteiger partial charge in [0.2, 0.25) is 0 Å². The van der Waals surface area contributed by atoms with Crippen LogP contribution in [0, 0.1) is 18.8 Å². The van der Waals surface area contributed by atoms with E-state index >= 15 is 0 Å². The molecule has 0 aliphatic carbocycles. The minimum atomic E-state index is -4.34. The van der Waals surface area contributed by atoms with Gasteiger partial charge >= 0.3 is 6.18 Å². The molecular formula is C36H47ClF3N3. The number of allylic oxidation sites excluding steroid dienone is 1. The van der Waals surface area contributed by atoms with Crippen LogP contribution >= 0.6 is 11.6 Å². The number of halogens is 4. The van der Waals surface area contributed by atoms with E-state index in [0.29, 0.717) is 10.9 Å². The van der Waals surface area contributed by atoms with Crippen molar-refractivity contribution in [2.24, 2.45) is 16.8 Å². The van der Waals surface area contributed by atoms with Crippen LogP contribution in [0.5, 0.6) is 0 Å². The summed E-state index contributed by atoms with van der Waals surface area (Å²) in [5.41, 5.74) is 6.81. The summed E-state index contributed by atoms with van der Waals surface area (Å²) in [5, 5.41) is 1.75. The third-order valence-corrected chi connectivity index (χ3v) is 9.72. The lowest BCUT2D eigenvalue weighted by Gasteiger charge is -2.31. The Morgan fingerprint density at radius 1 is 1.05 bits per heavy atom. The molecule has 0 saturated carbocycles. The number of benzene rings is 2. The first-order chi connectivity index (χ1) is 20.3. The van der Waals surface area contributed by atoms with Crippen molar-refractivity contribution in [1.29, 1.82) is 0 Å². The average Bonchev–Trinajstić information content (AvgIpc) is 3.31. The number of aliphatic imine (C=N–C) groups is 1. The maximum Gasteiger partial charge on any atom is 0.413 e. The minimum absolute atomic E-state index is 0.0241. The molecule has 43 heavy (non-hydrogen) atoms. The summed E-state index contributed by atoms with van der Waals surface area (Å²) in [6, 6.07) is 12.4. The number of hydrogen-bond donors (Lipinski definition) is 1. The number of H-pyrrole nitrogens is 1. The van der Waals surface area contributed by atoms with Crippen LogP contribution in [0.25, 0.3) is 10.9 Å². The fourth-order valence-corrected chi connectivity index (χ4v) is 7.03. The van der Waals surface area contributed by atoms with E-state index in [9.17, 15) is 13.2 Å². The molecule has 0 amide bonds. The molecule has 0 saturated heterocycles. The predicted molar refractivity (Wildman–Crippen MR) is 176 cm³/mol. The third-order valence-electron chi connectivity index (χ3n) is 9.48. The lowest BCUT2D eigenvalue weighted by atomic mass is 9.81. The first kappa shape index (κ1) is 33.3. The number of nitrogens with one attached hydrogen (secondary N) is 1. The van der Waals surface area contributed by atoms with Gasteiger partial charge in [0.1, 0.15) is 0 Å². The van der Waals surface area contributed by atoms with Crippen LogP contribution in [0.4, 0.5) is 13.2 Å². The zero-order valence-electron chi connectivity index (χ0n) is 26.7. The molecule has 3 nitrogen and oxygen atoms in total. The van der Waals surface area contributed by atoms with Gasteiger partial charge in [-0.2, -0.15) is 13.2 Å². The van der Waals surface area contributed by atoms with Gasteiger partial charge in [-0.25, -0.2) is 0 Å². The van der Waals surface area contributed by atoms with E-state index in [1.165, 1.54) is 34.9 Å². The second-order valence-corrected chi connectivity index (χ2v) is 13.2. The Bertz CT molecular complexity index is 1450. The number of aryl methyl sites for hydroxylation is 2. The standard InChI is InChI=1S/C36H47ClF3N3/c1-8-18-43(7)19-16-22(2)29-13-10-27(20-24(29)4)25(5)35-30(31-21-28(37)11-14-33(31)42-35)12-9-23(3)34-26(6)32(15-17-41-34)36(38,39)40/h10-11,13-15,17,20-23,25-26,34,42H,8-9,12,16,18-19H2,1-7H3/t22?,23?,25-,26?,34?/m0/s1. The van der Waals surface area contributed by atoms with Gasteiger partial charge in [-0.3, -0.25) is 4.99 Å². The number of hydrogen-bond acceptors (Lipinski definition) is 2. The Morgan fingerprint density at radius 2 is 1.79 bits per heavy atom. The van der Waals surface area contributed by atoms with Gasteiger partial charge in [-0.05, 0) is 111 Å². The molecule has 7 heteroatoms. The van der Waals surface area contributed by atoms with Crippen LogP contribution in [0.2, 0.25) is 5.02 Å². The summed E-state index contributed by atoms with van der Waals surface area (Å²) >= 11 is 6.44. The molecule has 0 spiro atoms. The van der Waals surface area contributed by atoms with Gasteiger partial charge in [0.25, 0.3) is 0 Å². The maximum atomic E-state index is 13.6. The van der Waals surface area contributed by atoms with Crippen LogP contribution in [-0.4, -0.2) is 48.5 Å². The average molecular weight is 614 g/mol. The molecule has 1 N–H and O–H groups in total. The summed E-state index contributed by atoms with van der Waals surface area (Å²) in [6.45, 7) is 14.8. The third kappa shape index (κ3) is 7.75. The molecule has 4 unspecified atom stereocenters. The molecule has 234 valence electrons. The zero-order valence-corrected chi connectivity index (χ0v) is 27.4. The highest BCUT2D eigenvalue weighted by molar-refractivity contribution is 6.31. The van der Waals surface area contributed by atoms with Crippen LogP contribution in [0.3, 0.4) is 0 Å². The second-order valence-electron chi connectivity index (χ2n) is 12.8. The van der Waals surface area contributed by atoms with Crippen molar-refractivity contribution in [2.75, 3.05) is 20.1 Å². The summed E-state index contributed by atoms with van der Waals surface area (Å²) in [7, 11) is 2.19. The largest absolute Gasteiger partial charge is 0.413 e.